The van der Waals surface area contributed by atoms with E-state index >= 15 is 0 Å². The highest BCUT2D eigenvalue weighted by Crippen LogP contribution is 2.13. The molecule has 0 saturated carbocycles. The Kier molecular flexibility index (Phi) is 2.67. The summed E-state index contributed by atoms with van der Waals surface area (Å²) in [5.74, 6) is 0.852. The molecule has 0 spiro atoms. The number of hydrogen-bond acceptors (Lipinski definition) is 3. The molecule has 15 heavy (non-hydrogen) atoms. The SMILES string of the molecule is CCNc1nccn1-c1cncc(C)c1. The zero-order chi connectivity index (χ0) is 10.7. The molecule has 4 heteroatoms. The molecular formula is C11H14N4. The summed E-state index contributed by atoms with van der Waals surface area (Å²) in [6.45, 7) is 4.93. The van der Waals surface area contributed by atoms with Crippen LogP contribution in [0.25, 0.3) is 5.69 Å². The van der Waals surface area contributed by atoms with Gasteiger partial charge in [0.25, 0.3) is 0 Å². The van der Waals surface area contributed by atoms with Crippen LogP contribution in [0.1, 0.15) is 12.5 Å². The summed E-state index contributed by atoms with van der Waals surface area (Å²) in [6.07, 6.45) is 7.37. The van der Waals surface area contributed by atoms with Gasteiger partial charge >= 0.3 is 0 Å². The van der Waals surface area contributed by atoms with Gasteiger partial charge in [-0.1, -0.05) is 0 Å². The number of hydrogen-bond donors (Lipinski definition) is 1. The smallest absolute Gasteiger partial charge is 0.207 e. The normalized spacial score (nSPS) is 10.3. The van der Waals surface area contributed by atoms with E-state index < -0.39 is 0 Å². The average Bonchev–Trinajstić information content (AvgIpc) is 2.66. The van der Waals surface area contributed by atoms with E-state index in [9.17, 15) is 0 Å². The summed E-state index contributed by atoms with van der Waals surface area (Å²) in [6, 6.07) is 2.08. The van der Waals surface area contributed by atoms with E-state index in [4.69, 9.17) is 0 Å². The highest BCUT2D eigenvalue weighted by Gasteiger charge is 2.03. The number of anilines is 1. The van der Waals surface area contributed by atoms with Crippen LogP contribution in [0.3, 0.4) is 0 Å². The van der Waals surface area contributed by atoms with Crippen molar-refractivity contribution in [2.45, 2.75) is 13.8 Å². The van der Waals surface area contributed by atoms with Crippen molar-refractivity contribution in [1.82, 2.24) is 14.5 Å². The Balaban J connectivity index is 2.40. The first kappa shape index (κ1) is 9.71. The molecule has 0 aliphatic heterocycles. The predicted molar refractivity (Wildman–Crippen MR) is 60.3 cm³/mol. The Bertz CT molecular complexity index is 447. The molecule has 1 N–H and O–H groups in total. The number of aromatic nitrogens is 3. The predicted octanol–water partition coefficient (Wildman–Crippen LogP) is 2.01. The van der Waals surface area contributed by atoms with E-state index in [1.54, 1.807) is 6.20 Å². The Hall–Kier alpha value is -1.84. The van der Waals surface area contributed by atoms with E-state index in [1.807, 2.05) is 37.0 Å². The van der Waals surface area contributed by atoms with Crippen LogP contribution in [-0.4, -0.2) is 21.1 Å². The molecule has 2 rings (SSSR count). The summed E-state index contributed by atoms with van der Waals surface area (Å²) in [5, 5.41) is 3.20. The number of imidazole rings is 1. The van der Waals surface area contributed by atoms with Crippen molar-refractivity contribution in [2.24, 2.45) is 0 Å². The Labute approximate surface area is 89.0 Å². The molecule has 2 aromatic rings. The van der Waals surface area contributed by atoms with Crippen LogP contribution < -0.4 is 5.32 Å². The van der Waals surface area contributed by atoms with Gasteiger partial charge in [0.2, 0.25) is 5.95 Å². The molecule has 0 saturated heterocycles. The number of pyridine rings is 1. The van der Waals surface area contributed by atoms with Gasteiger partial charge in [0.15, 0.2) is 0 Å². The first-order valence-electron chi connectivity index (χ1n) is 5.00. The molecule has 2 aromatic heterocycles. The molecule has 0 amide bonds. The molecule has 78 valence electrons. The van der Waals surface area contributed by atoms with Gasteiger partial charge < -0.3 is 5.32 Å². The van der Waals surface area contributed by atoms with Gasteiger partial charge in [0.05, 0.1) is 11.9 Å². The fourth-order valence-electron chi connectivity index (χ4n) is 1.47. The maximum Gasteiger partial charge on any atom is 0.207 e. The maximum absolute atomic E-state index is 4.24. The van der Waals surface area contributed by atoms with Gasteiger partial charge in [-0.15, -0.1) is 0 Å². The summed E-state index contributed by atoms with van der Waals surface area (Å²) >= 11 is 0. The molecular weight excluding hydrogens is 188 g/mol. The van der Waals surface area contributed by atoms with Gasteiger partial charge in [-0.25, -0.2) is 4.98 Å². The molecule has 0 bridgehead atoms. The lowest BCUT2D eigenvalue weighted by molar-refractivity contribution is 1.01. The molecule has 0 aliphatic rings. The van der Waals surface area contributed by atoms with Crippen LogP contribution in [0.4, 0.5) is 5.95 Å². The summed E-state index contributed by atoms with van der Waals surface area (Å²) in [5.41, 5.74) is 2.17. The van der Waals surface area contributed by atoms with Crippen molar-refractivity contribution in [3.63, 3.8) is 0 Å². The van der Waals surface area contributed by atoms with Crippen molar-refractivity contribution in [3.8, 4) is 5.69 Å². The number of rotatable bonds is 3. The Morgan fingerprint density at radius 3 is 3.00 bits per heavy atom. The largest absolute Gasteiger partial charge is 0.356 e. The van der Waals surface area contributed by atoms with Crippen molar-refractivity contribution in [3.05, 3.63) is 36.4 Å². The van der Waals surface area contributed by atoms with Gasteiger partial charge in [-0.3, -0.25) is 9.55 Å². The number of nitrogens with zero attached hydrogens (tertiary/aromatic N) is 3. The molecule has 0 fully saturated rings. The van der Waals surface area contributed by atoms with Crippen LogP contribution in [0, 0.1) is 6.92 Å². The third kappa shape index (κ3) is 1.98. The Morgan fingerprint density at radius 1 is 1.40 bits per heavy atom. The fraction of sp³-hybridized carbons (Fsp3) is 0.273. The minimum atomic E-state index is 0.852. The van der Waals surface area contributed by atoms with Gasteiger partial charge in [-0.05, 0) is 25.5 Å². The van der Waals surface area contributed by atoms with Crippen LogP contribution in [0.15, 0.2) is 30.9 Å². The van der Waals surface area contributed by atoms with E-state index in [0.29, 0.717) is 0 Å². The van der Waals surface area contributed by atoms with Crippen LogP contribution in [-0.2, 0) is 0 Å². The Morgan fingerprint density at radius 2 is 2.27 bits per heavy atom. The second kappa shape index (κ2) is 4.13. The van der Waals surface area contributed by atoms with Crippen LogP contribution in [0.5, 0.6) is 0 Å². The number of nitrogens with one attached hydrogen (secondary N) is 1. The van der Waals surface area contributed by atoms with E-state index in [0.717, 1.165) is 23.7 Å². The monoisotopic (exact) mass is 202 g/mol. The first-order chi connectivity index (χ1) is 7.31. The minimum Gasteiger partial charge on any atom is -0.356 e. The molecule has 0 radical (unpaired) electrons. The second-order valence-corrected chi connectivity index (χ2v) is 3.37. The van der Waals surface area contributed by atoms with Crippen molar-refractivity contribution >= 4 is 5.95 Å². The van der Waals surface area contributed by atoms with E-state index in [2.05, 4.69) is 21.4 Å². The molecule has 0 unspecified atom stereocenters. The second-order valence-electron chi connectivity index (χ2n) is 3.37. The zero-order valence-electron chi connectivity index (χ0n) is 8.94. The molecule has 2 heterocycles. The lowest BCUT2D eigenvalue weighted by Crippen LogP contribution is -2.05. The topological polar surface area (TPSA) is 42.7 Å². The number of aryl methyl sites for hydroxylation is 1. The summed E-state index contributed by atoms with van der Waals surface area (Å²) in [4.78, 5) is 8.40. The fourth-order valence-corrected chi connectivity index (χ4v) is 1.47. The van der Waals surface area contributed by atoms with Crippen LogP contribution >= 0.6 is 0 Å². The molecule has 4 nitrogen and oxygen atoms in total. The third-order valence-corrected chi connectivity index (χ3v) is 2.11. The summed E-state index contributed by atoms with van der Waals surface area (Å²) < 4.78 is 1.99. The first-order valence-corrected chi connectivity index (χ1v) is 5.00. The molecule has 0 atom stereocenters. The third-order valence-electron chi connectivity index (χ3n) is 2.11. The minimum absolute atomic E-state index is 0.852. The summed E-state index contributed by atoms with van der Waals surface area (Å²) in [7, 11) is 0. The zero-order valence-corrected chi connectivity index (χ0v) is 8.94. The maximum atomic E-state index is 4.24. The van der Waals surface area contributed by atoms with Crippen LogP contribution in [0.2, 0.25) is 0 Å². The molecule has 0 aromatic carbocycles. The van der Waals surface area contributed by atoms with E-state index in [1.165, 1.54) is 0 Å². The standard InChI is InChI=1S/C11H14N4/c1-3-13-11-14-4-5-15(11)10-6-9(2)7-12-8-10/h4-8H,3H2,1-2H3,(H,13,14). The van der Waals surface area contributed by atoms with Crippen molar-refractivity contribution < 1.29 is 0 Å². The lowest BCUT2D eigenvalue weighted by atomic mass is 10.3. The average molecular weight is 202 g/mol. The van der Waals surface area contributed by atoms with Gasteiger partial charge in [0, 0.05) is 25.1 Å². The van der Waals surface area contributed by atoms with Gasteiger partial charge in [0.1, 0.15) is 0 Å². The van der Waals surface area contributed by atoms with Gasteiger partial charge in [-0.2, -0.15) is 0 Å². The quantitative estimate of drug-likeness (QED) is 0.827. The van der Waals surface area contributed by atoms with E-state index in [-0.39, 0.29) is 0 Å². The molecule has 0 aliphatic carbocycles. The van der Waals surface area contributed by atoms with Crippen molar-refractivity contribution in [2.75, 3.05) is 11.9 Å². The lowest BCUT2D eigenvalue weighted by Gasteiger charge is -2.08. The highest BCUT2D eigenvalue weighted by molar-refractivity contribution is 5.41. The van der Waals surface area contributed by atoms with Crippen molar-refractivity contribution in [1.29, 1.82) is 0 Å². The highest BCUT2D eigenvalue weighted by atomic mass is 15.2.